The maximum atomic E-state index is 5.54. The highest BCUT2D eigenvalue weighted by Gasteiger charge is 2.27. The molecule has 0 saturated carbocycles. The summed E-state index contributed by atoms with van der Waals surface area (Å²) in [5, 5.41) is 3.47. The first-order valence-electron chi connectivity index (χ1n) is 7.86. The Morgan fingerprint density at radius 2 is 2.12 bits per heavy atom. The van der Waals surface area contributed by atoms with Crippen LogP contribution in [0.3, 0.4) is 0 Å². The molecule has 1 aliphatic heterocycles. The molecule has 132 valence electrons. The number of hydrogen-bond donors (Lipinski definition) is 1. The smallest absolute Gasteiger partial charge is 0.127 e. The number of aromatic nitrogens is 2. The number of aryl methyl sites for hydroxylation is 1. The van der Waals surface area contributed by atoms with E-state index in [1.165, 1.54) is 0 Å². The van der Waals surface area contributed by atoms with Crippen molar-refractivity contribution in [3.05, 3.63) is 42.0 Å². The van der Waals surface area contributed by atoms with Gasteiger partial charge in [0.1, 0.15) is 17.3 Å². The Morgan fingerprint density at radius 3 is 2.79 bits per heavy atom. The molecular weight excluding hydrogens is 328 g/mol. The van der Waals surface area contributed by atoms with E-state index in [-0.39, 0.29) is 18.4 Å². The Morgan fingerprint density at radius 1 is 1.29 bits per heavy atom. The molecule has 1 aromatic heterocycles. The van der Waals surface area contributed by atoms with Crippen LogP contribution in [0.1, 0.15) is 17.4 Å². The van der Waals surface area contributed by atoms with Gasteiger partial charge in [-0.05, 0) is 6.07 Å². The quantitative estimate of drug-likeness (QED) is 0.892. The third-order valence-corrected chi connectivity index (χ3v) is 4.38. The van der Waals surface area contributed by atoms with Crippen LogP contribution in [0.25, 0.3) is 0 Å². The van der Waals surface area contributed by atoms with Gasteiger partial charge in [0.15, 0.2) is 0 Å². The van der Waals surface area contributed by atoms with Gasteiger partial charge in [0.2, 0.25) is 0 Å². The fourth-order valence-electron chi connectivity index (χ4n) is 3.09. The fraction of sp³-hybridized carbons (Fsp3) is 0.471. The van der Waals surface area contributed by atoms with Gasteiger partial charge in [0, 0.05) is 57.3 Å². The summed E-state index contributed by atoms with van der Waals surface area (Å²) in [6.45, 7) is 3.70. The van der Waals surface area contributed by atoms with E-state index in [9.17, 15) is 0 Å². The first-order valence-corrected chi connectivity index (χ1v) is 7.86. The lowest BCUT2D eigenvalue weighted by atomic mass is 10.1. The van der Waals surface area contributed by atoms with Crippen molar-refractivity contribution in [3.63, 3.8) is 0 Å². The summed E-state index contributed by atoms with van der Waals surface area (Å²) in [6, 6.07) is 6.26. The molecule has 7 heteroatoms. The van der Waals surface area contributed by atoms with Crippen LogP contribution < -0.4 is 14.8 Å². The molecule has 0 radical (unpaired) electrons. The highest BCUT2D eigenvalue weighted by molar-refractivity contribution is 5.85. The number of hydrogen-bond acceptors (Lipinski definition) is 5. The van der Waals surface area contributed by atoms with Crippen LogP contribution in [-0.2, 0) is 13.6 Å². The Bertz CT molecular complexity index is 662. The Kier molecular flexibility index (Phi) is 6.48. The van der Waals surface area contributed by atoms with Crippen molar-refractivity contribution in [2.45, 2.75) is 12.6 Å². The van der Waals surface area contributed by atoms with E-state index in [4.69, 9.17) is 9.47 Å². The molecule has 1 N–H and O–H groups in total. The predicted octanol–water partition coefficient (Wildman–Crippen LogP) is 2.01. The molecule has 2 heterocycles. The van der Waals surface area contributed by atoms with Crippen LogP contribution in [-0.4, -0.2) is 48.3 Å². The average Bonchev–Trinajstić information content (AvgIpc) is 3.01. The summed E-state index contributed by atoms with van der Waals surface area (Å²) in [7, 11) is 5.41. The maximum Gasteiger partial charge on any atom is 0.127 e. The van der Waals surface area contributed by atoms with E-state index >= 15 is 0 Å². The zero-order valence-electron chi connectivity index (χ0n) is 14.4. The highest BCUT2D eigenvalue weighted by Crippen LogP contribution is 2.29. The summed E-state index contributed by atoms with van der Waals surface area (Å²) >= 11 is 0. The SMILES string of the molecule is COc1ccc(CN2CCNCC2c2nccn2C)c(OC)c1.Cl. The largest absolute Gasteiger partial charge is 0.497 e. The Hall–Kier alpha value is -1.76. The molecule has 1 aliphatic rings. The first-order chi connectivity index (χ1) is 11.2. The molecule has 1 fully saturated rings. The average molecular weight is 353 g/mol. The molecule has 0 amide bonds. The molecule has 0 bridgehead atoms. The first kappa shape index (κ1) is 18.6. The van der Waals surface area contributed by atoms with Crippen molar-refractivity contribution < 1.29 is 9.47 Å². The molecule has 1 saturated heterocycles. The minimum absolute atomic E-state index is 0. The van der Waals surface area contributed by atoms with E-state index in [1.807, 2.05) is 31.6 Å². The van der Waals surface area contributed by atoms with E-state index in [2.05, 4.69) is 25.8 Å². The summed E-state index contributed by atoms with van der Waals surface area (Å²) in [6.07, 6.45) is 3.85. The number of halogens is 1. The number of rotatable bonds is 5. The second-order valence-electron chi connectivity index (χ2n) is 5.76. The van der Waals surface area contributed by atoms with Crippen LogP contribution in [0, 0.1) is 0 Å². The predicted molar refractivity (Wildman–Crippen MR) is 96.0 cm³/mol. The van der Waals surface area contributed by atoms with Gasteiger partial charge in [0.25, 0.3) is 0 Å². The normalized spacial score (nSPS) is 18.0. The van der Waals surface area contributed by atoms with Crippen LogP contribution in [0.15, 0.2) is 30.6 Å². The van der Waals surface area contributed by atoms with E-state index < -0.39 is 0 Å². The lowest BCUT2D eigenvalue weighted by molar-refractivity contribution is 0.143. The third kappa shape index (κ3) is 3.83. The monoisotopic (exact) mass is 352 g/mol. The number of benzene rings is 1. The van der Waals surface area contributed by atoms with Crippen molar-refractivity contribution in [1.82, 2.24) is 19.8 Å². The van der Waals surface area contributed by atoms with Gasteiger partial charge in [-0.1, -0.05) is 6.07 Å². The van der Waals surface area contributed by atoms with E-state index in [0.29, 0.717) is 0 Å². The minimum Gasteiger partial charge on any atom is -0.497 e. The van der Waals surface area contributed by atoms with Gasteiger partial charge >= 0.3 is 0 Å². The standard InChI is InChI=1S/C17H24N4O2.ClH/c1-20-8-7-19-17(20)15-11-18-6-9-21(15)12-13-4-5-14(22-2)10-16(13)23-3;/h4-5,7-8,10,15,18H,6,9,11-12H2,1-3H3;1H. The lowest BCUT2D eigenvalue weighted by Gasteiger charge is -2.36. The molecule has 24 heavy (non-hydrogen) atoms. The maximum absolute atomic E-state index is 5.54. The molecule has 1 atom stereocenters. The zero-order chi connectivity index (χ0) is 16.2. The molecule has 1 unspecified atom stereocenters. The fourth-order valence-corrected chi connectivity index (χ4v) is 3.09. The molecule has 3 rings (SSSR count). The van der Waals surface area contributed by atoms with Crippen LogP contribution in [0.2, 0.25) is 0 Å². The van der Waals surface area contributed by atoms with E-state index in [1.54, 1.807) is 14.2 Å². The Labute approximate surface area is 149 Å². The van der Waals surface area contributed by atoms with E-state index in [0.717, 1.165) is 49.1 Å². The number of nitrogens with zero attached hydrogens (tertiary/aromatic N) is 3. The molecule has 2 aromatic rings. The molecular formula is C17H25ClN4O2. The summed E-state index contributed by atoms with van der Waals surface area (Å²) < 4.78 is 12.9. The van der Waals surface area contributed by atoms with Crippen molar-refractivity contribution in [2.24, 2.45) is 7.05 Å². The van der Waals surface area contributed by atoms with Gasteiger partial charge in [-0.25, -0.2) is 4.98 Å². The molecule has 6 nitrogen and oxygen atoms in total. The molecule has 0 aliphatic carbocycles. The third-order valence-electron chi connectivity index (χ3n) is 4.38. The number of ether oxygens (including phenoxy) is 2. The van der Waals surface area contributed by atoms with Crippen molar-refractivity contribution in [1.29, 1.82) is 0 Å². The minimum atomic E-state index is 0. The van der Waals surface area contributed by atoms with Gasteiger partial charge in [0.05, 0.1) is 20.3 Å². The summed E-state index contributed by atoms with van der Waals surface area (Å²) in [5.41, 5.74) is 1.16. The van der Waals surface area contributed by atoms with Gasteiger partial charge < -0.3 is 19.4 Å². The van der Waals surface area contributed by atoms with Crippen LogP contribution >= 0.6 is 12.4 Å². The topological polar surface area (TPSA) is 51.5 Å². The van der Waals surface area contributed by atoms with Gasteiger partial charge in [-0.15, -0.1) is 12.4 Å². The van der Waals surface area contributed by atoms with Crippen molar-refractivity contribution in [3.8, 4) is 11.5 Å². The van der Waals surface area contributed by atoms with Crippen molar-refractivity contribution >= 4 is 12.4 Å². The van der Waals surface area contributed by atoms with Gasteiger partial charge in [-0.3, -0.25) is 4.90 Å². The molecule has 0 spiro atoms. The van der Waals surface area contributed by atoms with Crippen molar-refractivity contribution in [2.75, 3.05) is 33.9 Å². The number of piperazine rings is 1. The zero-order valence-corrected chi connectivity index (χ0v) is 15.2. The number of methoxy groups -OCH3 is 2. The second-order valence-corrected chi connectivity index (χ2v) is 5.76. The second kappa shape index (κ2) is 8.37. The molecule has 1 aromatic carbocycles. The summed E-state index contributed by atoms with van der Waals surface area (Å²) in [5.74, 6) is 2.76. The highest BCUT2D eigenvalue weighted by atomic mass is 35.5. The summed E-state index contributed by atoms with van der Waals surface area (Å²) in [4.78, 5) is 6.98. The number of nitrogens with one attached hydrogen (secondary N) is 1. The number of imidazole rings is 1. The Balaban J connectivity index is 0.00000208. The lowest BCUT2D eigenvalue weighted by Crippen LogP contribution is -2.46. The van der Waals surface area contributed by atoms with Gasteiger partial charge in [-0.2, -0.15) is 0 Å². The van der Waals surface area contributed by atoms with Crippen LogP contribution in [0.4, 0.5) is 0 Å². The van der Waals surface area contributed by atoms with Crippen LogP contribution in [0.5, 0.6) is 11.5 Å².